The Morgan fingerprint density at radius 2 is 2.23 bits per heavy atom. The summed E-state index contributed by atoms with van der Waals surface area (Å²) in [5.74, 6) is 0.936. The van der Waals surface area contributed by atoms with Crippen LogP contribution in [0.15, 0.2) is 18.3 Å². The Bertz CT molecular complexity index is 255. The molecule has 1 aliphatic rings. The molecule has 1 fully saturated rings. The standard InChI is InChI=1S/C10H12FN2/c11-9-4-7-13(8-5-9)10-3-1-2-6-12-10/h1,3,6,9H,4-5,7-8H2. The molecule has 0 N–H and O–H groups in total. The Balaban J connectivity index is 2.03. The van der Waals surface area contributed by atoms with Gasteiger partial charge in [0.15, 0.2) is 0 Å². The number of aromatic nitrogens is 1. The second-order valence-electron chi connectivity index (χ2n) is 3.28. The van der Waals surface area contributed by atoms with Gasteiger partial charge in [0, 0.05) is 25.4 Å². The lowest BCUT2D eigenvalue weighted by Gasteiger charge is -2.29. The Kier molecular flexibility index (Phi) is 2.43. The van der Waals surface area contributed by atoms with Crippen molar-refractivity contribution in [2.24, 2.45) is 0 Å². The number of nitrogens with zero attached hydrogens (tertiary/aromatic N) is 2. The molecule has 2 heterocycles. The maximum atomic E-state index is 12.8. The summed E-state index contributed by atoms with van der Waals surface area (Å²) < 4.78 is 12.8. The molecule has 2 nitrogen and oxygen atoms in total. The van der Waals surface area contributed by atoms with Gasteiger partial charge in [0.25, 0.3) is 0 Å². The highest BCUT2D eigenvalue weighted by molar-refractivity contribution is 5.37. The lowest BCUT2D eigenvalue weighted by atomic mass is 10.1. The summed E-state index contributed by atoms with van der Waals surface area (Å²) in [4.78, 5) is 6.29. The van der Waals surface area contributed by atoms with Crippen molar-refractivity contribution in [3.63, 3.8) is 0 Å². The summed E-state index contributed by atoms with van der Waals surface area (Å²) >= 11 is 0. The van der Waals surface area contributed by atoms with Crippen LogP contribution in [0.25, 0.3) is 0 Å². The molecular weight excluding hydrogens is 167 g/mol. The van der Waals surface area contributed by atoms with E-state index in [1.807, 2.05) is 12.1 Å². The summed E-state index contributed by atoms with van der Waals surface area (Å²) in [5, 5.41) is 0. The van der Waals surface area contributed by atoms with E-state index in [1.165, 1.54) is 0 Å². The number of hydrogen-bond acceptors (Lipinski definition) is 2. The molecule has 1 aromatic rings. The normalized spacial score (nSPS) is 19.0. The van der Waals surface area contributed by atoms with Crippen LogP contribution >= 0.6 is 0 Å². The van der Waals surface area contributed by atoms with E-state index in [0.29, 0.717) is 12.8 Å². The number of anilines is 1. The summed E-state index contributed by atoms with van der Waals surface area (Å²) in [6.07, 6.45) is 2.28. The van der Waals surface area contributed by atoms with Gasteiger partial charge in [-0.1, -0.05) is 0 Å². The number of rotatable bonds is 1. The first-order valence-corrected chi connectivity index (χ1v) is 4.57. The van der Waals surface area contributed by atoms with Gasteiger partial charge in [-0.15, -0.1) is 0 Å². The first-order chi connectivity index (χ1) is 6.36. The van der Waals surface area contributed by atoms with Gasteiger partial charge in [0.05, 0.1) is 0 Å². The van der Waals surface area contributed by atoms with Crippen molar-refractivity contribution in [3.8, 4) is 0 Å². The molecule has 1 saturated heterocycles. The summed E-state index contributed by atoms with van der Waals surface area (Å²) in [5.41, 5.74) is 0. The minimum Gasteiger partial charge on any atom is -0.356 e. The van der Waals surface area contributed by atoms with Crippen LogP contribution in [-0.4, -0.2) is 24.2 Å². The fourth-order valence-corrected chi connectivity index (χ4v) is 1.58. The molecule has 0 bridgehead atoms. The molecule has 13 heavy (non-hydrogen) atoms. The molecule has 1 aliphatic heterocycles. The van der Waals surface area contributed by atoms with E-state index in [4.69, 9.17) is 0 Å². The molecule has 0 saturated carbocycles. The average molecular weight is 179 g/mol. The van der Waals surface area contributed by atoms with Gasteiger partial charge < -0.3 is 4.90 Å². The van der Waals surface area contributed by atoms with Crippen molar-refractivity contribution in [1.82, 2.24) is 4.98 Å². The number of alkyl halides is 1. The van der Waals surface area contributed by atoms with Crippen molar-refractivity contribution in [2.45, 2.75) is 19.0 Å². The Hall–Kier alpha value is -1.12. The molecule has 0 spiro atoms. The van der Waals surface area contributed by atoms with Crippen molar-refractivity contribution < 1.29 is 4.39 Å². The van der Waals surface area contributed by atoms with Crippen LogP contribution in [0.1, 0.15) is 12.8 Å². The topological polar surface area (TPSA) is 16.1 Å². The largest absolute Gasteiger partial charge is 0.356 e. The van der Waals surface area contributed by atoms with E-state index in [1.54, 1.807) is 6.20 Å². The van der Waals surface area contributed by atoms with Crippen molar-refractivity contribution >= 4 is 5.82 Å². The van der Waals surface area contributed by atoms with Crippen LogP contribution < -0.4 is 4.90 Å². The van der Waals surface area contributed by atoms with E-state index in [-0.39, 0.29) is 0 Å². The third kappa shape index (κ3) is 1.97. The summed E-state index contributed by atoms with van der Waals surface area (Å²) in [6.45, 7) is 1.55. The van der Waals surface area contributed by atoms with Gasteiger partial charge in [-0.05, 0) is 25.0 Å². The molecule has 3 heteroatoms. The van der Waals surface area contributed by atoms with E-state index in [2.05, 4.69) is 16.0 Å². The highest BCUT2D eigenvalue weighted by Gasteiger charge is 2.18. The molecule has 69 valence electrons. The zero-order valence-electron chi connectivity index (χ0n) is 7.41. The third-order valence-corrected chi connectivity index (χ3v) is 2.35. The molecule has 1 aromatic heterocycles. The molecule has 0 atom stereocenters. The van der Waals surface area contributed by atoms with E-state index >= 15 is 0 Å². The van der Waals surface area contributed by atoms with Crippen LogP contribution in [0.4, 0.5) is 10.2 Å². The smallest absolute Gasteiger partial charge is 0.128 e. The molecule has 2 rings (SSSR count). The molecule has 0 unspecified atom stereocenters. The van der Waals surface area contributed by atoms with Gasteiger partial charge in [-0.2, -0.15) is 0 Å². The number of piperidine rings is 1. The van der Waals surface area contributed by atoms with Crippen molar-refractivity contribution in [2.75, 3.05) is 18.0 Å². The molecule has 0 aliphatic carbocycles. The van der Waals surface area contributed by atoms with Gasteiger partial charge in [-0.25, -0.2) is 9.37 Å². The van der Waals surface area contributed by atoms with E-state index < -0.39 is 6.17 Å². The van der Waals surface area contributed by atoms with E-state index in [9.17, 15) is 4.39 Å². The summed E-state index contributed by atoms with van der Waals surface area (Å²) in [6, 6.07) is 6.62. The molecule has 1 radical (unpaired) electrons. The van der Waals surface area contributed by atoms with Crippen LogP contribution in [0.5, 0.6) is 0 Å². The third-order valence-electron chi connectivity index (χ3n) is 2.35. The molecule has 0 aromatic carbocycles. The van der Waals surface area contributed by atoms with Crippen molar-refractivity contribution in [1.29, 1.82) is 0 Å². The fourth-order valence-electron chi connectivity index (χ4n) is 1.58. The quantitative estimate of drug-likeness (QED) is 0.653. The average Bonchev–Trinajstić information content (AvgIpc) is 2.20. The van der Waals surface area contributed by atoms with Gasteiger partial charge in [0.2, 0.25) is 0 Å². The lowest BCUT2D eigenvalue weighted by molar-refractivity contribution is 0.276. The Morgan fingerprint density at radius 3 is 2.85 bits per heavy atom. The minimum absolute atomic E-state index is 0.619. The molecule has 0 amide bonds. The van der Waals surface area contributed by atoms with Gasteiger partial charge in [-0.3, -0.25) is 0 Å². The monoisotopic (exact) mass is 179 g/mol. The second-order valence-corrected chi connectivity index (χ2v) is 3.28. The number of pyridine rings is 1. The highest BCUT2D eigenvalue weighted by atomic mass is 19.1. The lowest BCUT2D eigenvalue weighted by Crippen LogP contribution is -2.34. The SMILES string of the molecule is FC1CCN(c2cc[c]cn2)CC1. The van der Waals surface area contributed by atoms with Crippen LogP contribution in [0.2, 0.25) is 0 Å². The zero-order chi connectivity index (χ0) is 9.10. The first kappa shape index (κ1) is 8.48. The molecular formula is C10H12FN2. The minimum atomic E-state index is -0.619. The van der Waals surface area contributed by atoms with E-state index in [0.717, 1.165) is 18.9 Å². The second kappa shape index (κ2) is 3.73. The van der Waals surface area contributed by atoms with Crippen LogP contribution in [0, 0.1) is 6.07 Å². The summed E-state index contributed by atoms with van der Waals surface area (Å²) in [7, 11) is 0. The maximum Gasteiger partial charge on any atom is 0.128 e. The Morgan fingerprint density at radius 1 is 1.46 bits per heavy atom. The first-order valence-electron chi connectivity index (χ1n) is 4.57. The van der Waals surface area contributed by atoms with Crippen molar-refractivity contribution in [3.05, 3.63) is 24.4 Å². The fraction of sp³-hybridized carbons (Fsp3) is 0.500. The highest BCUT2D eigenvalue weighted by Crippen LogP contribution is 2.18. The predicted molar refractivity (Wildman–Crippen MR) is 49.4 cm³/mol. The van der Waals surface area contributed by atoms with Gasteiger partial charge in [0.1, 0.15) is 12.0 Å². The van der Waals surface area contributed by atoms with Gasteiger partial charge >= 0.3 is 0 Å². The predicted octanol–water partition coefficient (Wildman–Crippen LogP) is 1.82. The zero-order valence-corrected chi connectivity index (χ0v) is 7.41. The number of halogens is 1. The van der Waals surface area contributed by atoms with Crippen LogP contribution in [-0.2, 0) is 0 Å². The Labute approximate surface area is 77.4 Å². The van der Waals surface area contributed by atoms with Crippen LogP contribution in [0.3, 0.4) is 0 Å². The maximum absolute atomic E-state index is 12.8. The number of hydrogen-bond donors (Lipinski definition) is 0.